The number of benzene rings is 1. The molecule has 5 nitrogen and oxygen atoms in total. The van der Waals surface area contributed by atoms with Crippen LogP contribution in [0.2, 0.25) is 0 Å². The number of hydrogen-bond donors (Lipinski definition) is 1. The smallest absolute Gasteiger partial charge is 0.236 e. The third-order valence-corrected chi connectivity index (χ3v) is 7.54. The van der Waals surface area contributed by atoms with Gasteiger partial charge in [-0.25, -0.2) is 4.98 Å². The van der Waals surface area contributed by atoms with Gasteiger partial charge in [-0.1, -0.05) is 43.7 Å². The van der Waals surface area contributed by atoms with Crippen LogP contribution in [0.5, 0.6) is 0 Å². The summed E-state index contributed by atoms with van der Waals surface area (Å²) in [5.74, 6) is 0.282. The van der Waals surface area contributed by atoms with Gasteiger partial charge in [0.15, 0.2) is 5.13 Å². The third-order valence-electron chi connectivity index (χ3n) is 6.87. The highest BCUT2D eigenvalue weighted by atomic mass is 32.1. The van der Waals surface area contributed by atoms with Gasteiger partial charge in [0.2, 0.25) is 5.91 Å². The van der Waals surface area contributed by atoms with Gasteiger partial charge in [-0.2, -0.15) is 0 Å². The minimum atomic E-state index is -0.150. The van der Waals surface area contributed by atoms with Crippen LogP contribution < -0.4 is 5.73 Å². The van der Waals surface area contributed by atoms with E-state index in [1.165, 1.54) is 36.2 Å². The number of rotatable bonds is 5. The summed E-state index contributed by atoms with van der Waals surface area (Å²) in [6.07, 6.45) is 6.66. The van der Waals surface area contributed by atoms with Crippen molar-refractivity contribution >= 4 is 22.4 Å². The van der Waals surface area contributed by atoms with Gasteiger partial charge in [-0.15, -0.1) is 11.3 Å². The number of anilines is 1. The van der Waals surface area contributed by atoms with Crippen molar-refractivity contribution in [2.75, 3.05) is 31.9 Å². The van der Waals surface area contributed by atoms with Gasteiger partial charge in [0.05, 0.1) is 12.2 Å². The Morgan fingerprint density at radius 2 is 1.97 bits per heavy atom. The maximum Gasteiger partial charge on any atom is 0.236 e. The molecule has 1 aromatic heterocycles. The normalized spacial score (nSPS) is 22.5. The molecule has 1 atom stereocenters. The van der Waals surface area contributed by atoms with E-state index in [1.807, 2.05) is 6.07 Å². The lowest BCUT2D eigenvalue weighted by Gasteiger charge is -2.42. The van der Waals surface area contributed by atoms with E-state index in [9.17, 15) is 4.79 Å². The van der Waals surface area contributed by atoms with Crippen LogP contribution in [0.4, 0.5) is 5.13 Å². The Morgan fingerprint density at radius 3 is 2.62 bits per heavy atom. The lowest BCUT2D eigenvalue weighted by Crippen LogP contribution is -2.51. The molecule has 29 heavy (non-hydrogen) atoms. The molecule has 6 heteroatoms. The number of aromatic nitrogens is 1. The zero-order chi connectivity index (χ0) is 20.3. The van der Waals surface area contributed by atoms with Gasteiger partial charge >= 0.3 is 0 Å². The van der Waals surface area contributed by atoms with Crippen LogP contribution in [0.3, 0.4) is 0 Å². The van der Waals surface area contributed by atoms with Crippen molar-refractivity contribution in [3.05, 3.63) is 47.0 Å². The lowest BCUT2D eigenvalue weighted by atomic mass is 9.70. The van der Waals surface area contributed by atoms with Gasteiger partial charge in [-0.3, -0.25) is 9.69 Å². The van der Waals surface area contributed by atoms with E-state index in [4.69, 9.17) is 5.73 Å². The van der Waals surface area contributed by atoms with Gasteiger partial charge in [0.1, 0.15) is 0 Å². The van der Waals surface area contributed by atoms with Crippen LogP contribution in [-0.4, -0.2) is 52.9 Å². The Hall–Kier alpha value is -1.92. The first-order chi connectivity index (χ1) is 14.1. The molecule has 2 N–H and O–H groups in total. The maximum absolute atomic E-state index is 13.1. The first-order valence-electron chi connectivity index (χ1n) is 10.9. The number of likely N-dealkylation sites (tertiary alicyclic amines) is 2. The molecule has 4 rings (SSSR count). The standard InChI is InChI=1S/C23H32N4OS/c1-2-19-10-6-7-13-27(19)16-21(28)26-14-11-23(12-15-26,18-8-4-3-5-9-18)20-17-29-22(24)25-20/h3-5,8-9,17,19H,2,6-7,10-16H2,1H3,(H2,24,25). The van der Waals surface area contributed by atoms with Crippen LogP contribution >= 0.6 is 11.3 Å². The molecule has 0 radical (unpaired) electrons. The van der Waals surface area contributed by atoms with Gasteiger partial charge in [-0.05, 0) is 44.2 Å². The topological polar surface area (TPSA) is 62.5 Å². The first kappa shape index (κ1) is 20.4. The number of amides is 1. The van der Waals surface area contributed by atoms with Crippen molar-refractivity contribution in [3.63, 3.8) is 0 Å². The molecule has 0 bridgehead atoms. The van der Waals surface area contributed by atoms with E-state index in [-0.39, 0.29) is 11.3 Å². The Bertz CT molecular complexity index is 813. The second kappa shape index (κ2) is 8.84. The van der Waals surface area contributed by atoms with E-state index in [1.54, 1.807) is 0 Å². The molecule has 2 fully saturated rings. The summed E-state index contributed by atoms with van der Waals surface area (Å²) >= 11 is 1.50. The molecule has 2 aliphatic rings. The quantitative estimate of drug-likeness (QED) is 0.809. The maximum atomic E-state index is 13.1. The third kappa shape index (κ3) is 4.19. The zero-order valence-electron chi connectivity index (χ0n) is 17.3. The minimum Gasteiger partial charge on any atom is -0.375 e. The predicted molar refractivity (Wildman–Crippen MR) is 119 cm³/mol. The molecule has 0 spiro atoms. The van der Waals surface area contributed by atoms with E-state index >= 15 is 0 Å². The molecule has 1 unspecified atom stereocenters. The van der Waals surface area contributed by atoms with Crippen molar-refractivity contribution < 1.29 is 4.79 Å². The SMILES string of the molecule is CCC1CCCCN1CC(=O)N1CCC(c2ccccc2)(c2csc(N)n2)CC1. The molecule has 156 valence electrons. The summed E-state index contributed by atoms with van der Waals surface area (Å²) in [6.45, 7) is 5.42. The number of nitrogens with two attached hydrogens (primary N) is 1. The number of carbonyl (C=O) groups excluding carboxylic acids is 1. The Kier molecular flexibility index (Phi) is 6.20. The van der Waals surface area contributed by atoms with E-state index in [0.29, 0.717) is 17.7 Å². The van der Waals surface area contributed by atoms with Crippen LogP contribution in [0, 0.1) is 0 Å². The number of nitrogens with zero attached hydrogens (tertiary/aromatic N) is 3. The average Bonchev–Trinajstić information content (AvgIpc) is 3.21. The summed E-state index contributed by atoms with van der Waals surface area (Å²) in [5.41, 5.74) is 8.15. The molecule has 0 saturated carbocycles. The van der Waals surface area contributed by atoms with Gasteiger partial charge in [0.25, 0.3) is 0 Å². The fourth-order valence-corrected chi connectivity index (χ4v) is 5.76. The molecular weight excluding hydrogens is 380 g/mol. The minimum absolute atomic E-state index is 0.150. The number of carbonyl (C=O) groups is 1. The van der Waals surface area contributed by atoms with Crippen molar-refractivity contribution in [2.24, 2.45) is 0 Å². The second-order valence-electron chi connectivity index (χ2n) is 8.43. The molecule has 0 aliphatic carbocycles. The highest BCUT2D eigenvalue weighted by Gasteiger charge is 2.41. The van der Waals surface area contributed by atoms with Crippen molar-refractivity contribution in [2.45, 2.75) is 56.9 Å². The molecule has 3 heterocycles. The van der Waals surface area contributed by atoms with Gasteiger partial charge in [0, 0.05) is 29.9 Å². The Labute approximate surface area is 177 Å². The van der Waals surface area contributed by atoms with Crippen molar-refractivity contribution in [1.82, 2.24) is 14.8 Å². The summed E-state index contributed by atoms with van der Waals surface area (Å²) in [7, 11) is 0. The molecule has 1 aromatic carbocycles. The van der Waals surface area contributed by atoms with E-state index < -0.39 is 0 Å². The van der Waals surface area contributed by atoms with Crippen LogP contribution in [0.25, 0.3) is 0 Å². The summed E-state index contributed by atoms with van der Waals surface area (Å²) in [6, 6.07) is 11.2. The molecule has 2 aromatic rings. The van der Waals surface area contributed by atoms with Crippen LogP contribution in [-0.2, 0) is 10.2 Å². The highest BCUT2D eigenvalue weighted by molar-refractivity contribution is 7.13. The summed E-state index contributed by atoms with van der Waals surface area (Å²) in [5, 5.41) is 2.71. The summed E-state index contributed by atoms with van der Waals surface area (Å²) in [4.78, 5) is 22.2. The lowest BCUT2D eigenvalue weighted by molar-refractivity contribution is -0.134. The van der Waals surface area contributed by atoms with Crippen molar-refractivity contribution in [1.29, 1.82) is 0 Å². The summed E-state index contributed by atoms with van der Waals surface area (Å²) < 4.78 is 0. The van der Waals surface area contributed by atoms with Crippen molar-refractivity contribution in [3.8, 4) is 0 Å². The number of thiazole rings is 1. The fourth-order valence-electron chi connectivity index (χ4n) is 5.10. The second-order valence-corrected chi connectivity index (χ2v) is 9.32. The Morgan fingerprint density at radius 1 is 1.21 bits per heavy atom. The van der Waals surface area contributed by atoms with Crippen LogP contribution in [0.1, 0.15) is 56.7 Å². The monoisotopic (exact) mass is 412 g/mol. The highest BCUT2D eigenvalue weighted by Crippen LogP contribution is 2.42. The zero-order valence-corrected chi connectivity index (χ0v) is 18.2. The molecule has 2 aliphatic heterocycles. The predicted octanol–water partition coefficient (Wildman–Crippen LogP) is 3.90. The van der Waals surface area contributed by atoms with Gasteiger partial charge < -0.3 is 10.6 Å². The largest absolute Gasteiger partial charge is 0.375 e. The average molecular weight is 413 g/mol. The van der Waals surface area contributed by atoms with Crippen LogP contribution in [0.15, 0.2) is 35.7 Å². The molecule has 1 amide bonds. The van der Waals surface area contributed by atoms with E-state index in [2.05, 4.69) is 51.4 Å². The molecular formula is C23H32N4OS. The molecule has 2 saturated heterocycles. The first-order valence-corrected chi connectivity index (χ1v) is 11.8. The van der Waals surface area contributed by atoms with E-state index in [0.717, 1.165) is 44.6 Å². The number of nitrogen functional groups attached to an aromatic ring is 1. The Balaban J connectivity index is 1.48. The number of piperidine rings is 2. The fraction of sp³-hybridized carbons (Fsp3) is 0.565. The number of hydrogen-bond acceptors (Lipinski definition) is 5.